The number of phenolic OH excluding ortho intramolecular Hbond substituents is 1. The van der Waals surface area contributed by atoms with Gasteiger partial charge in [0, 0.05) is 10.8 Å². The second-order valence-corrected chi connectivity index (χ2v) is 22.7. The van der Waals surface area contributed by atoms with Crippen molar-refractivity contribution in [3.8, 4) is 5.75 Å². The van der Waals surface area contributed by atoms with E-state index >= 15 is 0 Å². The number of nitrogen functional groups attached to an aromatic ring is 1. The smallest absolute Gasteiger partial charge is 0.397 e. The average molecular weight is 1150 g/mol. The molecule has 1 aromatic heterocycles. The third kappa shape index (κ3) is 13.1. The van der Waals surface area contributed by atoms with Gasteiger partial charge in [-0.2, -0.15) is 53.7 Å². The number of azo groups is 2. The van der Waals surface area contributed by atoms with Crippen LogP contribution in [0.2, 0.25) is 5.28 Å². The first-order chi connectivity index (χ1) is 34.1. The Hall–Kier alpha value is -6.68. The molecule has 0 aliphatic carbocycles. The second kappa shape index (κ2) is 21.0. The number of aromatic nitrogens is 3. The zero-order valence-corrected chi connectivity index (χ0v) is 41.3. The molecule has 1 heterocycles. The molecule has 7 rings (SSSR count). The molecule has 0 radical (unpaired) electrons. The van der Waals surface area contributed by atoms with Crippen LogP contribution >= 0.6 is 23.6 Å². The van der Waals surface area contributed by atoms with Crippen LogP contribution in [0, 0.1) is 0 Å². The number of hydrogen-bond donors (Lipinski definition) is 9. The first-order valence-electron chi connectivity index (χ1n) is 19.2. The van der Waals surface area contributed by atoms with E-state index in [1.54, 1.807) is 12.1 Å². The topological polar surface area (TPSA) is 458 Å². The highest BCUT2D eigenvalue weighted by Gasteiger charge is 2.25. The molecule has 7 aromatic rings. The minimum Gasteiger partial charge on any atom is -0.505 e. The molecule has 0 atom stereocenters. The molecule has 0 aliphatic rings. The lowest BCUT2D eigenvalue weighted by Crippen LogP contribution is -2.15. The molecule has 0 spiro atoms. The Morgan fingerprint density at radius 3 is 1.96 bits per heavy atom. The number of nitrogens with two attached hydrogens (primary N) is 1. The van der Waals surface area contributed by atoms with Crippen molar-refractivity contribution in [1.82, 2.24) is 15.0 Å². The highest BCUT2D eigenvalue weighted by molar-refractivity contribution is 7.94. The summed E-state index contributed by atoms with van der Waals surface area (Å²) in [6.07, 6.45) is 0. The summed E-state index contributed by atoms with van der Waals surface area (Å²) in [5, 5.41) is 45.1. The number of rotatable bonds is 19. The molecule has 0 fully saturated rings. The van der Waals surface area contributed by atoms with Crippen molar-refractivity contribution >= 4 is 147 Å². The fourth-order valence-electron chi connectivity index (χ4n) is 6.50. The van der Waals surface area contributed by atoms with Crippen molar-refractivity contribution in [2.45, 2.75) is 24.5 Å². The SMILES string of the molecule is Nc1cc(Nc2nc(Cl)nc(Nc3cc(S(=O)(=O)O)cc4cc(SOOO)c(N=Nc5ccc6ccccc6c5S(=O)(=O)O)c(O)c34)n2)c(N=Nc2ccc(S(=O)(=O)CCOS(=O)(=O)O)cc2)cc1S(=O)(=O)O. The number of anilines is 5. The lowest BCUT2D eigenvalue weighted by Gasteiger charge is -2.16. The summed E-state index contributed by atoms with van der Waals surface area (Å²) >= 11 is 6.47. The normalized spacial score (nSPS) is 12.8. The van der Waals surface area contributed by atoms with Crippen LogP contribution in [0.5, 0.6) is 5.75 Å². The van der Waals surface area contributed by atoms with Crippen LogP contribution < -0.4 is 16.4 Å². The van der Waals surface area contributed by atoms with E-state index in [2.05, 4.69) is 59.6 Å². The van der Waals surface area contributed by atoms with Crippen molar-refractivity contribution in [2.75, 3.05) is 28.7 Å². The van der Waals surface area contributed by atoms with Crippen LogP contribution in [0.15, 0.2) is 136 Å². The van der Waals surface area contributed by atoms with E-state index < -0.39 is 123 Å². The number of nitrogens with one attached hydrogen (secondary N) is 2. The molecule has 29 nitrogen and oxygen atoms in total. The number of nitrogens with zero attached hydrogens (tertiary/aromatic N) is 7. The Morgan fingerprint density at radius 1 is 0.671 bits per heavy atom. The quantitative estimate of drug-likeness (QED) is 0.00964. The summed E-state index contributed by atoms with van der Waals surface area (Å²) in [5.41, 5.74) is 3.39. The third-order valence-electron chi connectivity index (χ3n) is 9.51. The molecular weight excluding hydrogens is 1120 g/mol. The minimum atomic E-state index is -5.05. The van der Waals surface area contributed by atoms with Gasteiger partial charge in [-0.15, -0.1) is 19.7 Å². The molecule has 6 aromatic carbocycles. The molecule has 0 aliphatic heterocycles. The maximum atomic E-state index is 12.6. The van der Waals surface area contributed by atoms with E-state index in [1.807, 2.05) is 0 Å². The lowest BCUT2D eigenvalue weighted by molar-refractivity contribution is -0.432. The summed E-state index contributed by atoms with van der Waals surface area (Å²) < 4.78 is 169. The van der Waals surface area contributed by atoms with Crippen LogP contribution in [0.4, 0.5) is 51.7 Å². The highest BCUT2D eigenvalue weighted by Crippen LogP contribution is 2.48. The van der Waals surface area contributed by atoms with Crippen molar-refractivity contribution in [2.24, 2.45) is 20.5 Å². The Balaban J connectivity index is 1.29. The predicted octanol–water partition coefficient (Wildman–Crippen LogP) is 7.20. The van der Waals surface area contributed by atoms with Gasteiger partial charge < -0.3 is 21.5 Å². The zero-order valence-electron chi connectivity index (χ0n) is 35.6. The van der Waals surface area contributed by atoms with Gasteiger partial charge >= 0.3 is 10.4 Å². The summed E-state index contributed by atoms with van der Waals surface area (Å²) in [7, 11) is -24.1. The standard InChI is InChI=1S/C37H29ClN10O19S6/c38-35-42-36(40-26-16-24(39)30(71(56,57)58)17-27(26)47-45-20-6-8-21(9-7-20)69(51,52)12-11-65-73(62,63)64)44-37(43-35)41-28-15-22(70(53,54)55)13-19-14-29(68-67-66-50)32(33(49)31(19)28)48-46-25-10-5-18-3-1-2-4-23(18)34(25)72(59,60)61/h1-10,13-17,49-50H,11-12,39H2,(H,53,54,55)(H,56,57,58)(H,59,60,61)(H,62,63,64)(H2,40,41,42,43,44). The van der Waals surface area contributed by atoms with Gasteiger partial charge in [0.25, 0.3) is 30.4 Å². The first kappa shape index (κ1) is 54.1. The number of halogens is 1. The van der Waals surface area contributed by atoms with Gasteiger partial charge in [0.2, 0.25) is 17.2 Å². The largest absolute Gasteiger partial charge is 0.505 e. The number of hydrogen-bond acceptors (Lipinski definition) is 26. The fourth-order valence-corrected chi connectivity index (χ4v) is 10.6. The zero-order chi connectivity index (χ0) is 53.3. The number of phenols is 1. The van der Waals surface area contributed by atoms with Crippen LogP contribution in [-0.4, -0.2) is 98.0 Å². The molecule has 10 N–H and O–H groups in total. The van der Waals surface area contributed by atoms with E-state index in [0.29, 0.717) is 5.39 Å². The van der Waals surface area contributed by atoms with Crippen molar-refractivity contribution in [1.29, 1.82) is 0 Å². The van der Waals surface area contributed by atoms with Crippen LogP contribution in [0.1, 0.15) is 0 Å². The van der Waals surface area contributed by atoms with E-state index in [9.17, 15) is 60.9 Å². The Bertz CT molecular complexity index is 4010. The molecule has 36 heteroatoms. The number of sulfone groups is 1. The second-order valence-electron chi connectivity index (χ2n) is 14.3. The fraction of sp³-hybridized carbons (Fsp3) is 0.0541. The van der Waals surface area contributed by atoms with Crippen LogP contribution in [-0.2, 0) is 64.1 Å². The van der Waals surface area contributed by atoms with Gasteiger partial charge in [0.05, 0.1) is 61.8 Å². The Morgan fingerprint density at radius 2 is 1.33 bits per heavy atom. The lowest BCUT2D eigenvalue weighted by atomic mass is 10.1. The van der Waals surface area contributed by atoms with Gasteiger partial charge in [-0.3, -0.25) is 18.2 Å². The number of benzene rings is 6. The van der Waals surface area contributed by atoms with Crippen molar-refractivity contribution in [3.05, 3.63) is 96.3 Å². The summed E-state index contributed by atoms with van der Waals surface area (Å²) in [5.74, 6) is -2.71. The number of aromatic hydroxyl groups is 1. The third-order valence-corrected chi connectivity index (χ3v) is 15.1. The minimum absolute atomic E-state index is 0.0391. The predicted molar refractivity (Wildman–Crippen MR) is 256 cm³/mol. The molecule has 0 unspecified atom stereocenters. The maximum Gasteiger partial charge on any atom is 0.397 e. The average Bonchev–Trinajstić information content (AvgIpc) is 3.28. The summed E-state index contributed by atoms with van der Waals surface area (Å²) in [4.78, 5) is 9.24. The highest BCUT2D eigenvalue weighted by atomic mass is 35.5. The van der Waals surface area contributed by atoms with Gasteiger partial charge in [0.1, 0.15) is 26.9 Å². The van der Waals surface area contributed by atoms with E-state index in [0.717, 1.165) is 54.6 Å². The van der Waals surface area contributed by atoms with Crippen LogP contribution in [0.3, 0.4) is 0 Å². The van der Waals surface area contributed by atoms with E-state index in [4.69, 9.17) is 27.1 Å². The summed E-state index contributed by atoms with van der Waals surface area (Å²) in [6.45, 7) is -0.897. The molecule has 0 amide bonds. The van der Waals surface area contributed by atoms with E-state index in [-0.39, 0.29) is 55.1 Å². The maximum absolute atomic E-state index is 12.6. The first-order valence-corrected chi connectivity index (χ1v) is 27.7. The van der Waals surface area contributed by atoms with Gasteiger partial charge in [0.15, 0.2) is 15.6 Å². The van der Waals surface area contributed by atoms with Crippen molar-refractivity contribution < 1.29 is 84.2 Å². The monoisotopic (exact) mass is 1140 g/mol. The number of fused-ring (bicyclic) bond motifs is 2. The molecule has 0 bridgehead atoms. The van der Waals surface area contributed by atoms with Gasteiger partial charge in [-0.05, 0) is 83.0 Å². The van der Waals surface area contributed by atoms with E-state index in [1.165, 1.54) is 24.3 Å². The molecule has 0 saturated carbocycles. The molecular formula is C37H29ClN10O19S6. The molecule has 73 heavy (non-hydrogen) atoms. The van der Waals surface area contributed by atoms with Crippen molar-refractivity contribution in [3.63, 3.8) is 0 Å². The Labute approximate surface area is 420 Å². The van der Waals surface area contributed by atoms with Crippen LogP contribution in [0.25, 0.3) is 21.5 Å². The Kier molecular flexibility index (Phi) is 15.6. The van der Waals surface area contributed by atoms with Gasteiger partial charge in [-0.1, -0.05) is 35.4 Å². The molecule has 0 saturated heterocycles. The van der Waals surface area contributed by atoms with Gasteiger partial charge in [-0.25, -0.2) is 17.9 Å². The molecule has 384 valence electrons. The summed E-state index contributed by atoms with van der Waals surface area (Å²) in [6, 6.07) is 17.7.